The summed E-state index contributed by atoms with van der Waals surface area (Å²) < 4.78 is 0. The van der Waals surface area contributed by atoms with Crippen LogP contribution in [-0.4, -0.2) is 47.7 Å². The summed E-state index contributed by atoms with van der Waals surface area (Å²) in [7, 11) is 0. The maximum atomic E-state index is 11.4. The van der Waals surface area contributed by atoms with Gasteiger partial charge < -0.3 is 7.84 Å². The molecule has 0 aromatic carbocycles. The third-order valence-corrected chi connectivity index (χ3v) is 2.35. The number of H-pyrrole nitrogens is 1. The standard InChI is InChI=1S/C12H9N3O.Ca.2H/c1-8-11(9-2-4-14-5-3-9)6-10(7-13)12(16)15-8;;;/h2-6H,1H3,(H,15,16);;;/q;+2;2*-1. The van der Waals surface area contributed by atoms with E-state index in [-0.39, 0.29) is 51.7 Å². The summed E-state index contributed by atoms with van der Waals surface area (Å²) in [6.07, 6.45) is 3.35. The average molecular weight is 253 g/mol. The number of aromatic nitrogens is 2. The molecule has 0 spiro atoms. The van der Waals surface area contributed by atoms with Gasteiger partial charge in [-0.25, -0.2) is 0 Å². The van der Waals surface area contributed by atoms with Gasteiger partial charge in [0.25, 0.3) is 5.56 Å². The van der Waals surface area contributed by atoms with Crippen molar-refractivity contribution in [3.8, 4) is 17.2 Å². The fraction of sp³-hybridized carbons (Fsp3) is 0.0833. The van der Waals surface area contributed by atoms with Crippen molar-refractivity contribution in [2.75, 3.05) is 0 Å². The van der Waals surface area contributed by atoms with Crippen LogP contribution in [0.3, 0.4) is 0 Å². The largest absolute Gasteiger partial charge is 2.00 e. The maximum Gasteiger partial charge on any atom is 2.00 e. The van der Waals surface area contributed by atoms with Crippen LogP contribution in [0, 0.1) is 18.3 Å². The molecule has 17 heavy (non-hydrogen) atoms. The van der Waals surface area contributed by atoms with E-state index in [1.807, 2.05) is 18.2 Å². The molecule has 0 atom stereocenters. The minimum atomic E-state index is -0.349. The molecule has 0 aliphatic rings. The van der Waals surface area contributed by atoms with Crippen LogP contribution < -0.4 is 5.56 Å². The summed E-state index contributed by atoms with van der Waals surface area (Å²) in [5.41, 5.74) is 2.30. The van der Waals surface area contributed by atoms with Crippen LogP contribution in [-0.2, 0) is 0 Å². The van der Waals surface area contributed by atoms with E-state index in [0.29, 0.717) is 0 Å². The summed E-state index contributed by atoms with van der Waals surface area (Å²) in [5, 5.41) is 8.80. The summed E-state index contributed by atoms with van der Waals surface area (Å²) in [4.78, 5) is 17.9. The number of aryl methyl sites for hydroxylation is 1. The molecule has 82 valence electrons. The molecule has 0 amide bonds. The molecule has 0 fully saturated rings. The Morgan fingerprint density at radius 1 is 1.41 bits per heavy atom. The van der Waals surface area contributed by atoms with E-state index in [2.05, 4.69) is 9.97 Å². The van der Waals surface area contributed by atoms with Gasteiger partial charge >= 0.3 is 37.7 Å². The zero-order chi connectivity index (χ0) is 11.5. The molecule has 4 nitrogen and oxygen atoms in total. The first-order valence-corrected chi connectivity index (χ1v) is 4.77. The normalized spacial score (nSPS) is 9.18. The second kappa shape index (κ2) is 5.97. The minimum absolute atomic E-state index is 0. The third kappa shape index (κ3) is 2.95. The Labute approximate surface area is 131 Å². The topological polar surface area (TPSA) is 69.5 Å². The summed E-state index contributed by atoms with van der Waals surface area (Å²) in [6, 6.07) is 7.14. The zero-order valence-electron chi connectivity index (χ0n) is 11.4. The fourth-order valence-corrected chi connectivity index (χ4v) is 1.54. The van der Waals surface area contributed by atoms with Crippen molar-refractivity contribution in [1.82, 2.24) is 9.97 Å². The molecule has 0 aliphatic heterocycles. The molecule has 0 saturated heterocycles. The van der Waals surface area contributed by atoms with E-state index in [1.165, 1.54) is 0 Å². The number of nitrogens with one attached hydrogen (secondary N) is 1. The van der Waals surface area contributed by atoms with Crippen LogP contribution in [0.25, 0.3) is 11.1 Å². The van der Waals surface area contributed by atoms with Gasteiger partial charge in [0, 0.05) is 23.7 Å². The molecule has 0 bridgehead atoms. The summed E-state index contributed by atoms with van der Waals surface area (Å²) in [6.45, 7) is 1.80. The van der Waals surface area contributed by atoms with Gasteiger partial charge in [-0.1, -0.05) is 0 Å². The van der Waals surface area contributed by atoms with Gasteiger partial charge in [-0.2, -0.15) is 5.26 Å². The van der Waals surface area contributed by atoms with Crippen LogP contribution >= 0.6 is 0 Å². The van der Waals surface area contributed by atoms with Crippen molar-refractivity contribution in [2.24, 2.45) is 0 Å². The Kier molecular flexibility index (Phi) is 4.88. The molecule has 1 N–H and O–H groups in total. The quantitative estimate of drug-likeness (QED) is 0.782. The third-order valence-electron chi connectivity index (χ3n) is 2.35. The molecule has 0 saturated carbocycles. The fourth-order valence-electron chi connectivity index (χ4n) is 1.54. The minimum Gasteiger partial charge on any atom is -1.00 e. The molecular weight excluding hydrogens is 242 g/mol. The number of nitrogens with zero attached hydrogens (tertiary/aromatic N) is 2. The number of pyridine rings is 2. The maximum absolute atomic E-state index is 11.4. The van der Waals surface area contributed by atoms with Crippen molar-refractivity contribution in [2.45, 2.75) is 6.92 Å². The van der Waals surface area contributed by atoms with E-state index in [0.717, 1.165) is 16.8 Å². The zero-order valence-corrected chi connectivity index (χ0v) is 11.6. The van der Waals surface area contributed by atoms with Crippen LogP contribution in [0.4, 0.5) is 0 Å². The van der Waals surface area contributed by atoms with Crippen molar-refractivity contribution < 1.29 is 2.85 Å². The molecule has 2 aromatic heterocycles. The van der Waals surface area contributed by atoms with Crippen molar-refractivity contribution in [3.63, 3.8) is 0 Å². The van der Waals surface area contributed by atoms with E-state index >= 15 is 0 Å². The van der Waals surface area contributed by atoms with Crippen LogP contribution in [0.1, 0.15) is 14.1 Å². The molecule has 2 rings (SSSR count). The number of nitriles is 1. The summed E-state index contributed by atoms with van der Waals surface area (Å²) >= 11 is 0. The smallest absolute Gasteiger partial charge is 1.00 e. The Morgan fingerprint density at radius 2 is 2.06 bits per heavy atom. The van der Waals surface area contributed by atoms with Crippen LogP contribution in [0.2, 0.25) is 0 Å². The monoisotopic (exact) mass is 253 g/mol. The van der Waals surface area contributed by atoms with Crippen molar-refractivity contribution in [3.05, 3.63) is 52.2 Å². The van der Waals surface area contributed by atoms with Gasteiger partial charge in [-0.15, -0.1) is 0 Å². The number of hydrogen-bond donors (Lipinski definition) is 1. The van der Waals surface area contributed by atoms with E-state index in [9.17, 15) is 4.79 Å². The molecular formula is C12H11CaN3O. The SMILES string of the molecule is Cc1[nH]c(=O)c(C#N)cc1-c1ccncc1.[Ca+2].[H-].[H-]. The van der Waals surface area contributed by atoms with E-state index < -0.39 is 0 Å². The van der Waals surface area contributed by atoms with Gasteiger partial charge in [-0.05, 0) is 30.7 Å². The summed E-state index contributed by atoms with van der Waals surface area (Å²) in [5.74, 6) is 0. The Balaban J connectivity index is 0. The first-order chi connectivity index (χ1) is 7.72. The Hall–Kier alpha value is -1.15. The van der Waals surface area contributed by atoms with Gasteiger partial charge in [0.2, 0.25) is 0 Å². The molecule has 0 aliphatic carbocycles. The predicted octanol–water partition coefficient (Wildman–Crippen LogP) is 1.46. The Bertz CT molecular complexity index is 623. The van der Waals surface area contributed by atoms with Crippen LogP contribution in [0.15, 0.2) is 35.4 Å². The van der Waals surface area contributed by atoms with Crippen molar-refractivity contribution >= 4 is 37.7 Å². The average Bonchev–Trinajstić information content (AvgIpc) is 2.30. The first kappa shape index (κ1) is 13.9. The molecule has 2 aromatic rings. The van der Waals surface area contributed by atoms with Crippen molar-refractivity contribution in [1.29, 1.82) is 5.26 Å². The second-order valence-corrected chi connectivity index (χ2v) is 3.40. The van der Waals surface area contributed by atoms with Gasteiger partial charge in [-0.3, -0.25) is 9.78 Å². The van der Waals surface area contributed by atoms with Gasteiger partial charge in [0.15, 0.2) is 0 Å². The number of hydrogen-bond acceptors (Lipinski definition) is 3. The Morgan fingerprint density at radius 3 is 2.65 bits per heavy atom. The molecule has 0 radical (unpaired) electrons. The van der Waals surface area contributed by atoms with E-state index in [1.54, 1.807) is 25.4 Å². The first-order valence-electron chi connectivity index (χ1n) is 4.77. The number of aromatic amines is 1. The van der Waals surface area contributed by atoms with Crippen LogP contribution in [0.5, 0.6) is 0 Å². The van der Waals surface area contributed by atoms with Gasteiger partial charge in [0.1, 0.15) is 11.6 Å². The molecule has 5 heteroatoms. The van der Waals surface area contributed by atoms with E-state index in [4.69, 9.17) is 5.26 Å². The predicted molar refractivity (Wildman–Crippen MR) is 67.7 cm³/mol. The molecule has 0 unspecified atom stereocenters. The van der Waals surface area contributed by atoms with Gasteiger partial charge in [0.05, 0.1) is 0 Å². The second-order valence-electron chi connectivity index (χ2n) is 3.40. The number of rotatable bonds is 1. The molecule has 2 heterocycles.